The lowest BCUT2D eigenvalue weighted by Crippen LogP contribution is -2.40. The third kappa shape index (κ3) is 4.78. The largest absolute Gasteiger partial charge is 0.493 e. The van der Waals surface area contributed by atoms with Gasteiger partial charge in [-0.1, -0.05) is 4.49 Å². The predicted octanol–water partition coefficient (Wildman–Crippen LogP) is 2.17. The highest BCUT2D eigenvalue weighted by atomic mass is 32.1. The number of aryl methyl sites for hydroxylation is 1. The lowest BCUT2D eigenvalue weighted by atomic mass is 10.1. The first-order valence-corrected chi connectivity index (χ1v) is 9.91. The summed E-state index contributed by atoms with van der Waals surface area (Å²) < 4.78 is 15.3. The van der Waals surface area contributed by atoms with E-state index in [1.54, 1.807) is 32.2 Å². The molecule has 9 heteroatoms. The Bertz CT molecular complexity index is 846. The average molecular weight is 404 g/mol. The number of ether oxygens (including phenoxy) is 2. The first-order chi connectivity index (χ1) is 13.5. The zero-order valence-electron chi connectivity index (χ0n) is 16.2. The van der Waals surface area contributed by atoms with Crippen LogP contribution in [0.4, 0.5) is 0 Å². The van der Waals surface area contributed by atoms with E-state index in [2.05, 4.69) is 14.9 Å². The number of amides is 2. The average Bonchev–Trinajstić information content (AvgIpc) is 3.11. The van der Waals surface area contributed by atoms with Gasteiger partial charge in [0, 0.05) is 38.4 Å². The standard InChI is InChI=1S/C19H24N4O4S/c1-12-18(28-22-21-12)11-20-19(25)14-4-5-16(17(10-14)26-3)27-15-6-8-23(9-7-15)13(2)24/h4-5,10,15H,6-9,11H2,1-3H3,(H,20,25). The molecule has 1 N–H and O–H groups in total. The van der Waals surface area contributed by atoms with Crippen molar-refractivity contribution in [2.24, 2.45) is 0 Å². The van der Waals surface area contributed by atoms with Crippen molar-refractivity contribution in [2.45, 2.75) is 39.3 Å². The molecule has 0 radical (unpaired) electrons. The number of carbonyl (C=O) groups excluding carboxylic acids is 2. The van der Waals surface area contributed by atoms with Crippen LogP contribution in [0.2, 0.25) is 0 Å². The zero-order chi connectivity index (χ0) is 20.1. The van der Waals surface area contributed by atoms with Crippen LogP contribution in [0.5, 0.6) is 11.5 Å². The summed E-state index contributed by atoms with van der Waals surface area (Å²) in [7, 11) is 1.55. The third-order valence-corrected chi connectivity index (χ3v) is 5.59. The SMILES string of the molecule is COc1cc(C(=O)NCc2snnc2C)ccc1OC1CCN(C(C)=O)CC1. The number of benzene rings is 1. The van der Waals surface area contributed by atoms with Gasteiger partial charge in [-0.05, 0) is 36.7 Å². The first-order valence-electron chi connectivity index (χ1n) is 9.14. The van der Waals surface area contributed by atoms with E-state index in [9.17, 15) is 9.59 Å². The van der Waals surface area contributed by atoms with Gasteiger partial charge < -0.3 is 19.7 Å². The molecule has 1 aliphatic heterocycles. The number of rotatable bonds is 6. The Morgan fingerprint density at radius 3 is 2.64 bits per heavy atom. The van der Waals surface area contributed by atoms with E-state index in [1.165, 1.54) is 11.5 Å². The highest BCUT2D eigenvalue weighted by Gasteiger charge is 2.23. The Kier molecular flexibility index (Phi) is 6.45. The smallest absolute Gasteiger partial charge is 0.251 e. The second-order valence-corrected chi connectivity index (χ2v) is 7.49. The minimum atomic E-state index is -0.201. The van der Waals surface area contributed by atoms with E-state index in [4.69, 9.17) is 9.47 Å². The van der Waals surface area contributed by atoms with Crippen LogP contribution in [0, 0.1) is 6.92 Å². The summed E-state index contributed by atoms with van der Waals surface area (Å²) in [4.78, 5) is 26.6. The summed E-state index contributed by atoms with van der Waals surface area (Å²) >= 11 is 1.27. The van der Waals surface area contributed by atoms with Gasteiger partial charge in [0.2, 0.25) is 5.91 Å². The van der Waals surface area contributed by atoms with Crippen LogP contribution < -0.4 is 14.8 Å². The lowest BCUT2D eigenvalue weighted by molar-refractivity contribution is -0.130. The number of aromatic nitrogens is 2. The van der Waals surface area contributed by atoms with Crippen molar-refractivity contribution < 1.29 is 19.1 Å². The molecule has 2 amide bonds. The van der Waals surface area contributed by atoms with Crippen molar-refractivity contribution in [3.8, 4) is 11.5 Å². The highest BCUT2D eigenvalue weighted by Crippen LogP contribution is 2.30. The Labute approximate surface area is 168 Å². The predicted molar refractivity (Wildman–Crippen MR) is 105 cm³/mol. The zero-order valence-corrected chi connectivity index (χ0v) is 17.0. The van der Waals surface area contributed by atoms with Crippen LogP contribution in [-0.4, -0.2) is 52.6 Å². The summed E-state index contributed by atoms with van der Waals surface area (Å²) in [5.74, 6) is 1.00. The molecule has 1 fully saturated rings. The van der Waals surface area contributed by atoms with E-state index in [-0.39, 0.29) is 17.9 Å². The molecule has 0 aliphatic carbocycles. The second kappa shape index (κ2) is 9.01. The maximum atomic E-state index is 12.4. The quantitative estimate of drug-likeness (QED) is 0.793. The summed E-state index contributed by atoms with van der Waals surface area (Å²) in [6.45, 7) is 5.21. The van der Waals surface area contributed by atoms with Gasteiger partial charge in [-0.25, -0.2) is 0 Å². The van der Waals surface area contributed by atoms with Crippen molar-refractivity contribution in [3.63, 3.8) is 0 Å². The van der Waals surface area contributed by atoms with E-state index in [1.807, 2.05) is 11.8 Å². The molecule has 0 saturated carbocycles. The molecule has 2 aromatic rings. The number of piperidine rings is 1. The van der Waals surface area contributed by atoms with E-state index < -0.39 is 0 Å². The van der Waals surface area contributed by atoms with Crippen LogP contribution in [0.25, 0.3) is 0 Å². The number of nitrogens with one attached hydrogen (secondary N) is 1. The molecule has 1 aromatic carbocycles. The first kappa shape index (κ1) is 20.1. The number of likely N-dealkylation sites (tertiary alicyclic amines) is 1. The number of hydrogen-bond donors (Lipinski definition) is 1. The fraction of sp³-hybridized carbons (Fsp3) is 0.474. The maximum Gasteiger partial charge on any atom is 0.251 e. The molecular formula is C19H24N4O4S. The van der Waals surface area contributed by atoms with E-state index in [0.29, 0.717) is 36.7 Å². The fourth-order valence-corrected chi connectivity index (χ4v) is 3.62. The van der Waals surface area contributed by atoms with Gasteiger partial charge in [0.25, 0.3) is 5.91 Å². The monoisotopic (exact) mass is 404 g/mol. The van der Waals surface area contributed by atoms with Gasteiger partial charge in [0.1, 0.15) is 6.10 Å². The van der Waals surface area contributed by atoms with Crippen LogP contribution >= 0.6 is 11.5 Å². The molecule has 0 atom stereocenters. The molecule has 3 rings (SSSR count). The van der Waals surface area contributed by atoms with Crippen molar-refractivity contribution in [1.29, 1.82) is 0 Å². The third-order valence-electron chi connectivity index (χ3n) is 4.76. The normalized spacial score (nSPS) is 14.6. The maximum absolute atomic E-state index is 12.4. The Morgan fingerprint density at radius 1 is 1.29 bits per heavy atom. The molecule has 0 bridgehead atoms. The summed E-state index contributed by atoms with van der Waals surface area (Å²) in [5.41, 5.74) is 1.31. The van der Waals surface area contributed by atoms with Gasteiger partial charge >= 0.3 is 0 Å². The Hall–Kier alpha value is -2.68. The number of hydrogen-bond acceptors (Lipinski definition) is 7. The molecule has 8 nitrogen and oxygen atoms in total. The molecular weight excluding hydrogens is 380 g/mol. The fourth-order valence-electron chi connectivity index (χ4n) is 3.05. The molecule has 1 aromatic heterocycles. The summed E-state index contributed by atoms with van der Waals surface area (Å²) in [6.07, 6.45) is 1.56. The second-order valence-electron chi connectivity index (χ2n) is 6.65. The molecule has 2 heterocycles. The van der Waals surface area contributed by atoms with Gasteiger partial charge in [0.15, 0.2) is 11.5 Å². The minimum absolute atomic E-state index is 0.0194. The van der Waals surface area contributed by atoms with Gasteiger partial charge in [-0.2, -0.15) is 0 Å². The van der Waals surface area contributed by atoms with Crippen molar-refractivity contribution in [3.05, 3.63) is 34.3 Å². The van der Waals surface area contributed by atoms with Gasteiger partial charge in [-0.3, -0.25) is 9.59 Å². The molecule has 28 heavy (non-hydrogen) atoms. The van der Waals surface area contributed by atoms with Crippen LogP contribution in [0.3, 0.4) is 0 Å². The topological polar surface area (TPSA) is 93.7 Å². The molecule has 1 aliphatic rings. The number of nitrogens with zero attached hydrogens (tertiary/aromatic N) is 3. The van der Waals surface area contributed by atoms with Crippen molar-refractivity contribution >= 4 is 23.3 Å². The van der Waals surface area contributed by atoms with Crippen LogP contribution in [0.15, 0.2) is 18.2 Å². The summed E-state index contributed by atoms with van der Waals surface area (Å²) in [6, 6.07) is 5.15. The van der Waals surface area contributed by atoms with Crippen molar-refractivity contribution in [1.82, 2.24) is 19.8 Å². The van der Waals surface area contributed by atoms with E-state index in [0.717, 1.165) is 23.4 Å². The summed E-state index contributed by atoms with van der Waals surface area (Å²) in [5, 5.41) is 6.80. The lowest BCUT2D eigenvalue weighted by Gasteiger charge is -2.31. The molecule has 150 valence electrons. The molecule has 0 unspecified atom stereocenters. The van der Waals surface area contributed by atoms with E-state index >= 15 is 0 Å². The minimum Gasteiger partial charge on any atom is -0.493 e. The Morgan fingerprint density at radius 2 is 2.04 bits per heavy atom. The molecule has 1 saturated heterocycles. The number of methoxy groups -OCH3 is 1. The van der Waals surface area contributed by atoms with Crippen LogP contribution in [0.1, 0.15) is 40.7 Å². The Balaban J connectivity index is 1.61. The molecule has 0 spiro atoms. The van der Waals surface area contributed by atoms with Crippen LogP contribution in [-0.2, 0) is 11.3 Å². The highest BCUT2D eigenvalue weighted by molar-refractivity contribution is 7.05. The number of carbonyl (C=O) groups is 2. The van der Waals surface area contributed by atoms with Gasteiger partial charge in [-0.15, -0.1) is 5.10 Å². The van der Waals surface area contributed by atoms with Crippen molar-refractivity contribution in [2.75, 3.05) is 20.2 Å². The van der Waals surface area contributed by atoms with Gasteiger partial charge in [0.05, 0.1) is 24.2 Å².